The van der Waals surface area contributed by atoms with Gasteiger partial charge in [-0.25, -0.2) is 0 Å². The van der Waals surface area contributed by atoms with E-state index in [1.807, 2.05) is 0 Å². The van der Waals surface area contributed by atoms with Crippen LogP contribution in [0.5, 0.6) is 0 Å². The summed E-state index contributed by atoms with van der Waals surface area (Å²) < 4.78 is 0. The third-order valence-electron chi connectivity index (χ3n) is 5.13. The summed E-state index contributed by atoms with van der Waals surface area (Å²) in [6.07, 6.45) is 2.49. The van der Waals surface area contributed by atoms with Crippen molar-refractivity contribution in [1.29, 1.82) is 0 Å². The van der Waals surface area contributed by atoms with Gasteiger partial charge < -0.3 is 0 Å². The molecule has 2 atom stereocenters. The van der Waals surface area contributed by atoms with Crippen molar-refractivity contribution >= 4 is 25.4 Å². The second kappa shape index (κ2) is 10.4. The number of aryl methyl sites for hydroxylation is 2. The van der Waals surface area contributed by atoms with E-state index in [0.717, 1.165) is 0 Å². The predicted molar refractivity (Wildman–Crippen MR) is 116 cm³/mol. The molecule has 0 saturated heterocycles. The van der Waals surface area contributed by atoms with Gasteiger partial charge in [0.15, 0.2) is 0 Å². The Balaban J connectivity index is 0.00000254. The zero-order chi connectivity index (χ0) is 19.3. The van der Waals surface area contributed by atoms with Crippen molar-refractivity contribution in [3.05, 3.63) is 34.4 Å². The number of hydrogen-bond donors (Lipinski definition) is 0. The van der Waals surface area contributed by atoms with E-state index in [2.05, 4.69) is 109 Å². The van der Waals surface area contributed by atoms with Crippen LogP contribution in [0.4, 0.5) is 0 Å². The van der Waals surface area contributed by atoms with Crippen LogP contribution < -0.4 is 0 Å². The Morgan fingerprint density at radius 2 is 1.12 bits per heavy atom. The van der Waals surface area contributed by atoms with Crippen molar-refractivity contribution < 1.29 is 18.2 Å². The summed E-state index contributed by atoms with van der Waals surface area (Å²) in [5.41, 5.74) is 5.84. The van der Waals surface area contributed by atoms with Crippen LogP contribution >= 0.6 is 25.4 Å². The molecule has 0 amide bonds. The number of halogens is 1. The second-order valence-electron chi connectivity index (χ2n) is 9.01. The minimum absolute atomic E-state index is 0.388. The molecule has 0 spiro atoms. The molecular formula is C20H37ClP2Pd+2. The molecule has 4 heteroatoms. The molecule has 0 aromatic heterocycles. The first-order valence-electron chi connectivity index (χ1n) is 8.61. The van der Waals surface area contributed by atoms with Gasteiger partial charge in [0.05, 0.1) is 22.6 Å². The van der Waals surface area contributed by atoms with Gasteiger partial charge in [0, 0.05) is 29.2 Å². The van der Waals surface area contributed by atoms with Crippen molar-refractivity contribution in [2.24, 2.45) is 0 Å². The third-order valence-corrected chi connectivity index (χ3v) is 12.0. The van der Waals surface area contributed by atoms with Gasteiger partial charge in [0.1, 0.15) is 0 Å². The van der Waals surface area contributed by atoms with Crippen LogP contribution in [0.1, 0.15) is 63.8 Å². The van der Waals surface area contributed by atoms with Crippen LogP contribution in [-0.2, 0) is 30.5 Å². The summed E-state index contributed by atoms with van der Waals surface area (Å²) in [6.45, 7) is 23.8. The average Bonchev–Trinajstić information content (AvgIpc) is 2.43. The Labute approximate surface area is 168 Å². The molecule has 0 nitrogen and oxygen atoms in total. The molecule has 24 heavy (non-hydrogen) atoms. The van der Waals surface area contributed by atoms with Crippen molar-refractivity contribution in [3.8, 4) is 0 Å². The molecule has 2 unspecified atom stereocenters. The molecule has 0 radical (unpaired) electrons. The molecular weight excluding hydrogens is 444 g/mol. The summed E-state index contributed by atoms with van der Waals surface area (Å²) in [5.74, 6) is 0. The monoisotopic (exact) mass is 480 g/mol. The van der Waals surface area contributed by atoms with Gasteiger partial charge >= 0.3 is 27.7 Å². The van der Waals surface area contributed by atoms with Gasteiger partial charge in [-0.2, -0.15) is 23.3 Å². The van der Waals surface area contributed by atoms with E-state index in [9.17, 15) is 0 Å². The first-order valence-corrected chi connectivity index (χ1v) is 15.0. The van der Waals surface area contributed by atoms with E-state index in [-0.39, 0.29) is 15.8 Å². The Hall–Kier alpha value is 1.03. The van der Waals surface area contributed by atoms with Gasteiger partial charge in [0.2, 0.25) is 0 Å². The Morgan fingerprint density at radius 3 is 1.38 bits per heavy atom. The predicted octanol–water partition coefficient (Wildman–Crippen LogP) is 7.08. The fourth-order valence-corrected chi connectivity index (χ4v) is 5.16. The molecule has 0 aliphatic rings. The summed E-state index contributed by atoms with van der Waals surface area (Å²) in [7, 11) is 3.71. The van der Waals surface area contributed by atoms with E-state index in [0.29, 0.717) is 10.3 Å². The first-order chi connectivity index (χ1) is 10.8. The van der Waals surface area contributed by atoms with Gasteiger partial charge in [-0.05, 0) is 41.5 Å². The Bertz CT molecular complexity index is 472. The van der Waals surface area contributed by atoms with Gasteiger partial charge in [-0.1, -0.05) is 13.8 Å². The SMILES string of the molecule is Cc1cc(C)c(C[PH+](C)C(C)(C)C)[c-]c1C[PH+](C)C(C)(C)C.[Cl][Pd+]. The van der Waals surface area contributed by atoms with Gasteiger partial charge in [-0.3, -0.25) is 0 Å². The van der Waals surface area contributed by atoms with Gasteiger partial charge in [0.25, 0.3) is 0 Å². The van der Waals surface area contributed by atoms with E-state index in [4.69, 9.17) is 0 Å². The topological polar surface area (TPSA) is 0 Å². The number of rotatable bonds is 4. The van der Waals surface area contributed by atoms with Crippen LogP contribution in [0.25, 0.3) is 0 Å². The van der Waals surface area contributed by atoms with Crippen LogP contribution in [-0.4, -0.2) is 23.6 Å². The molecule has 0 fully saturated rings. The number of hydrogen-bond acceptors (Lipinski definition) is 0. The third kappa shape index (κ3) is 8.15. The van der Waals surface area contributed by atoms with Crippen LogP contribution in [0.2, 0.25) is 0 Å². The Morgan fingerprint density at radius 1 is 0.833 bits per heavy atom. The molecule has 1 aromatic carbocycles. The number of benzene rings is 1. The quantitative estimate of drug-likeness (QED) is 0.245. The average molecular weight is 481 g/mol. The first kappa shape index (κ1) is 25.0. The van der Waals surface area contributed by atoms with Crippen molar-refractivity contribution in [3.63, 3.8) is 0 Å². The fraction of sp³-hybridized carbons (Fsp3) is 0.700. The summed E-state index contributed by atoms with van der Waals surface area (Å²) in [6, 6.07) is 6.24. The normalized spacial score (nSPS) is 14.7. The molecule has 0 bridgehead atoms. The molecule has 1 rings (SSSR count). The summed E-state index contributed by atoms with van der Waals surface area (Å²) in [5, 5.41) is 0.919. The van der Waals surface area contributed by atoms with Gasteiger partial charge in [-0.15, -0.1) is 11.1 Å². The molecule has 0 aliphatic heterocycles. The van der Waals surface area contributed by atoms with Crippen molar-refractivity contribution in [2.45, 2.75) is 78.0 Å². The van der Waals surface area contributed by atoms with E-state index >= 15 is 0 Å². The second-order valence-corrected chi connectivity index (χ2v) is 15.8. The molecule has 0 N–H and O–H groups in total. The molecule has 0 heterocycles. The van der Waals surface area contributed by atoms with E-state index < -0.39 is 0 Å². The van der Waals surface area contributed by atoms with Crippen LogP contribution in [0.15, 0.2) is 6.07 Å². The Kier molecular flexibility index (Phi) is 10.8. The van der Waals surface area contributed by atoms with Crippen molar-refractivity contribution in [1.82, 2.24) is 0 Å². The fourth-order valence-electron chi connectivity index (χ4n) is 2.31. The molecule has 142 valence electrons. The minimum atomic E-state index is -0.388. The molecule has 1 aromatic rings. The van der Waals surface area contributed by atoms with Crippen LogP contribution in [0.3, 0.4) is 0 Å². The van der Waals surface area contributed by atoms with Crippen LogP contribution in [0, 0.1) is 19.9 Å². The molecule has 0 aliphatic carbocycles. The summed E-state index contributed by atoms with van der Waals surface area (Å²) in [4.78, 5) is 0. The summed E-state index contributed by atoms with van der Waals surface area (Å²) >= 11 is 2.22. The zero-order valence-electron chi connectivity index (χ0n) is 17.2. The zero-order valence-corrected chi connectivity index (χ0v) is 21.5. The maximum absolute atomic E-state index is 4.49. The van der Waals surface area contributed by atoms with E-state index in [1.54, 1.807) is 0 Å². The maximum atomic E-state index is 4.49. The molecule has 0 saturated carbocycles. The van der Waals surface area contributed by atoms with E-state index in [1.165, 1.54) is 34.6 Å². The standard InChI is InChI=1S/C20H35P2.ClH.Pd/c1-15-11-16(2)18(14-22(10)20(6,7)8)12-17(15)13-21(9)19(3,4)5;;/h11H,13-14H2,1-10H3;1H;/q-1;;+2/p+1. The van der Waals surface area contributed by atoms with Crippen molar-refractivity contribution in [2.75, 3.05) is 13.3 Å².